The van der Waals surface area contributed by atoms with Crippen LogP contribution in [0.5, 0.6) is 0 Å². The lowest BCUT2D eigenvalue weighted by molar-refractivity contribution is -0.122. The third-order valence-electron chi connectivity index (χ3n) is 5.01. The summed E-state index contributed by atoms with van der Waals surface area (Å²) in [6.45, 7) is -0.0461. The van der Waals surface area contributed by atoms with Crippen molar-refractivity contribution in [1.29, 1.82) is 0 Å². The molecule has 0 radical (unpaired) electrons. The molecular weight excluding hydrogens is 362 g/mol. The number of nitrogens with zero attached hydrogens (tertiary/aromatic N) is 2. The molecule has 5 nitrogen and oxygen atoms in total. The molecule has 1 amide bonds. The molecule has 2 aromatic carbocycles. The van der Waals surface area contributed by atoms with Crippen LogP contribution in [0.25, 0.3) is 22.2 Å². The Kier molecular flexibility index (Phi) is 4.94. The van der Waals surface area contributed by atoms with E-state index in [1.165, 1.54) is 4.57 Å². The zero-order chi connectivity index (χ0) is 18.8. The van der Waals surface area contributed by atoms with Crippen LogP contribution in [0.3, 0.4) is 0 Å². The summed E-state index contributed by atoms with van der Waals surface area (Å²) in [5.74, 6) is -0.158. The van der Waals surface area contributed by atoms with Crippen LogP contribution in [0.4, 0.5) is 0 Å². The van der Waals surface area contributed by atoms with Gasteiger partial charge < -0.3 is 5.32 Å². The number of carbonyl (C=O) groups is 1. The van der Waals surface area contributed by atoms with Crippen molar-refractivity contribution in [2.45, 2.75) is 38.3 Å². The highest BCUT2D eigenvalue weighted by atomic mass is 35.5. The van der Waals surface area contributed by atoms with E-state index in [4.69, 9.17) is 11.6 Å². The van der Waals surface area contributed by atoms with Gasteiger partial charge in [0.25, 0.3) is 0 Å². The smallest absolute Gasteiger partial charge is 0.349 e. The number of hydrogen-bond acceptors (Lipinski definition) is 3. The van der Waals surface area contributed by atoms with E-state index in [1.54, 1.807) is 18.2 Å². The quantitative estimate of drug-likeness (QED) is 0.748. The van der Waals surface area contributed by atoms with Crippen LogP contribution in [0.1, 0.15) is 25.7 Å². The second-order valence-electron chi connectivity index (χ2n) is 6.91. The number of halogens is 1. The molecule has 0 spiro atoms. The van der Waals surface area contributed by atoms with Crippen molar-refractivity contribution in [3.05, 3.63) is 64.0 Å². The normalized spacial score (nSPS) is 14.6. The molecule has 6 heteroatoms. The standard InChI is InChI=1S/C21H20ClN3O2/c22-15-10-11-18-17(12-15)20(14-6-2-1-3-7-14)24-21(27)25(18)13-19(26)23-16-8-4-5-9-16/h1-3,6-7,10-12,16H,4-5,8-9,13H2,(H,23,26). The summed E-state index contributed by atoms with van der Waals surface area (Å²) in [5.41, 5.74) is 1.63. The fourth-order valence-electron chi connectivity index (χ4n) is 3.71. The third-order valence-corrected chi connectivity index (χ3v) is 5.25. The van der Waals surface area contributed by atoms with Gasteiger partial charge >= 0.3 is 5.69 Å². The van der Waals surface area contributed by atoms with Crippen molar-refractivity contribution in [3.8, 4) is 11.3 Å². The van der Waals surface area contributed by atoms with Crippen molar-refractivity contribution in [2.24, 2.45) is 0 Å². The molecular formula is C21H20ClN3O2. The summed E-state index contributed by atoms with van der Waals surface area (Å²) in [6, 6.07) is 15.0. The van der Waals surface area contributed by atoms with Crippen LogP contribution in [0.15, 0.2) is 53.3 Å². The van der Waals surface area contributed by atoms with Crippen LogP contribution in [0.2, 0.25) is 5.02 Å². The number of hydrogen-bond donors (Lipinski definition) is 1. The van der Waals surface area contributed by atoms with Crippen molar-refractivity contribution < 1.29 is 4.79 Å². The number of rotatable bonds is 4. The highest BCUT2D eigenvalue weighted by Gasteiger charge is 2.19. The highest BCUT2D eigenvalue weighted by Crippen LogP contribution is 2.27. The van der Waals surface area contributed by atoms with E-state index in [-0.39, 0.29) is 18.5 Å². The largest absolute Gasteiger partial charge is 0.352 e. The van der Waals surface area contributed by atoms with Crippen molar-refractivity contribution in [1.82, 2.24) is 14.9 Å². The third kappa shape index (κ3) is 3.74. The van der Waals surface area contributed by atoms with Crippen LogP contribution < -0.4 is 11.0 Å². The summed E-state index contributed by atoms with van der Waals surface area (Å²) in [7, 11) is 0. The van der Waals surface area contributed by atoms with Gasteiger partial charge in [0, 0.05) is 22.0 Å². The maximum absolute atomic E-state index is 12.7. The minimum atomic E-state index is -0.440. The summed E-state index contributed by atoms with van der Waals surface area (Å²) in [5, 5.41) is 4.33. The molecule has 1 aromatic heterocycles. The van der Waals surface area contributed by atoms with Gasteiger partial charge in [-0.2, -0.15) is 4.98 Å². The Bertz CT molecular complexity index is 1040. The maximum atomic E-state index is 12.7. The Morgan fingerprint density at radius 1 is 1.15 bits per heavy atom. The molecule has 1 saturated carbocycles. The van der Waals surface area contributed by atoms with E-state index < -0.39 is 5.69 Å². The van der Waals surface area contributed by atoms with Gasteiger partial charge in [0.15, 0.2) is 0 Å². The second kappa shape index (κ2) is 7.53. The van der Waals surface area contributed by atoms with Crippen LogP contribution in [0, 0.1) is 0 Å². The molecule has 138 valence electrons. The Morgan fingerprint density at radius 3 is 2.63 bits per heavy atom. The Morgan fingerprint density at radius 2 is 1.89 bits per heavy atom. The first-order valence-corrected chi connectivity index (χ1v) is 9.54. The molecule has 0 saturated heterocycles. The van der Waals surface area contributed by atoms with Gasteiger partial charge in [0.05, 0.1) is 11.2 Å². The highest BCUT2D eigenvalue weighted by molar-refractivity contribution is 6.31. The van der Waals surface area contributed by atoms with Gasteiger partial charge in [0.1, 0.15) is 6.54 Å². The average molecular weight is 382 g/mol. The first-order valence-electron chi connectivity index (χ1n) is 9.17. The van der Waals surface area contributed by atoms with Crippen molar-refractivity contribution >= 4 is 28.4 Å². The van der Waals surface area contributed by atoms with E-state index in [9.17, 15) is 9.59 Å². The Hall–Kier alpha value is -2.66. The fraction of sp³-hybridized carbons (Fsp3) is 0.286. The van der Waals surface area contributed by atoms with Crippen LogP contribution in [-0.2, 0) is 11.3 Å². The zero-order valence-electron chi connectivity index (χ0n) is 14.8. The summed E-state index contributed by atoms with van der Waals surface area (Å²) in [6.07, 6.45) is 4.28. The number of aromatic nitrogens is 2. The van der Waals surface area contributed by atoms with E-state index >= 15 is 0 Å². The predicted octanol–water partition coefficient (Wildman–Crippen LogP) is 3.78. The fourth-order valence-corrected chi connectivity index (χ4v) is 3.88. The molecule has 27 heavy (non-hydrogen) atoms. The molecule has 3 aromatic rings. The minimum absolute atomic E-state index is 0.0461. The number of fused-ring (bicyclic) bond motifs is 1. The number of nitrogens with one attached hydrogen (secondary N) is 1. The van der Waals surface area contributed by atoms with Crippen molar-refractivity contribution in [3.63, 3.8) is 0 Å². The maximum Gasteiger partial charge on any atom is 0.349 e. The molecule has 1 aliphatic rings. The average Bonchev–Trinajstić information content (AvgIpc) is 3.17. The summed E-state index contributed by atoms with van der Waals surface area (Å²) < 4.78 is 1.42. The first-order chi connectivity index (χ1) is 13.1. The topological polar surface area (TPSA) is 64.0 Å². The molecule has 0 aliphatic heterocycles. The molecule has 1 N–H and O–H groups in total. The van der Waals surface area contributed by atoms with Gasteiger partial charge in [-0.15, -0.1) is 0 Å². The van der Waals surface area contributed by atoms with E-state index in [0.29, 0.717) is 16.2 Å². The summed E-state index contributed by atoms with van der Waals surface area (Å²) in [4.78, 5) is 29.5. The van der Waals surface area contributed by atoms with E-state index in [1.807, 2.05) is 30.3 Å². The van der Waals surface area contributed by atoms with E-state index in [0.717, 1.165) is 36.6 Å². The van der Waals surface area contributed by atoms with Crippen LogP contribution in [-0.4, -0.2) is 21.5 Å². The Labute approximate surface area is 162 Å². The molecule has 0 unspecified atom stereocenters. The van der Waals surface area contributed by atoms with E-state index in [2.05, 4.69) is 10.3 Å². The lowest BCUT2D eigenvalue weighted by Crippen LogP contribution is -2.38. The molecule has 1 aliphatic carbocycles. The summed E-state index contributed by atoms with van der Waals surface area (Å²) >= 11 is 6.19. The van der Waals surface area contributed by atoms with Crippen molar-refractivity contribution in [2.75, 3.05) is 0 Å². The van der Waals surface area contributed by atoms with Gasteiger partial charge in [-0.1, -0.05) is 54.8 Å². The predicted molar refractivity (Wildman–Crippen MR) is 107 cm³/mol. The SMILES string of the molecule is O=C(Cn1c(=O)nc(-c2ccccc2)c2cc(Cl)ccc21)NC1CCCC1. The molecule has 0 atom stereocenters. The van der Waals surface area contributed by atoms with Gasteiger partial charge in [-0.25, -0.2) is 4.79 Å². The number of amides is 1. The lowest BCUT2D eigenvalue weighted by atomic mass is 10.1. The minimum Gasteiger partial charge on any atom is -0.352 e. The molecule has 0 bridgehead atoms. The molecule has 4 rings (SSSR count). The molecule has 1 fully saturated rings. The monoisotopic (exact) mass is 381 g/mol. The van der Waals surface area contributed by atoms with Gasteiger partial charge in [-0.3, -0.25) is 9.36 Å². The lowest BCUT2D eigenvalue weighted by Gasteiger charge is -2.15. The van der Waals surface area contributed by atoms with Gasteiger partial charge in [0.2, 0.25) is 5.91 Å². The molecule has 1 heterocycles. The Balaban J connectivity index is 1.76. The van der Waals surface area contributed by atoms with Crippen LogP contribution >= 0.6 is 11.6 Å². The second-order valence-corrected chi connectivity index (χ2v) is 7.34. The number of carbonyl (C=O) groups excluding carboxylic acids is 1. The number of benzene rings is 2. The first kappa shape index (κ1) is 17.7. The zero-order valence-corrected chi connectivity index (χ0v) is 15.6. The van der Waals surface area contributed by atoms with Gasteiger partial charge in [-0.05, 0) is 31.0 Å².